The summed E-state index contributed by atoms with van der Waals surface area (Å²) >= 11 is 1.61. The highest BCUT2D eigenvalue weighted by molar-refractivity contribution is 7.14. The minimum absolute atomic E-state index is 0.217. The molecule has 0 spiro atoms. The van der Waals surface area contributed by atoms with E-state index >= 15 is 0 Å². The molecule has 2 atom stereocenters. The fourth-order valence-corrected chi connectivity index (χ4v) is 3.82. The maximum Gasteiger partial charge on any atom is 0.183 e. The number of anilines is 1. The molecule has 1 aliphatic carbocycles. The Labute approximate surface area is 133 Å². The molecule has 2 aliphatic rings. The third-order valence-corrected chi connectivity index (χ3v) is 5.21. The van der Waals surface area contributed by atoms with Gasteiger partial charge in [0, 0.05) is 23.6 Å². The minimum Gasteiger partial charge on any atom is -0.378 e. The van der Waals surface area contributed by atoms with Crippen molar-refractivity contribution in [2.45, 2.75) is 37.8 Å². The first-order valence-electron chi connectivity index (χ1n) is 7.87. The van der Waals surface area contributed by atoms with Gasteiger partial charge in [0.25, 0.3) is 0 Å². The fourth-order valence-electron chi connectivity index (χ4n) is 3.02. The van der Waals surface area contributed by atoms with Gasteiger partial charge in [-0.05, 0) is 55.9 Å². The predicted molar refractivity (Wildman–Crippen MR) is 86.6 cm³/mol. The monoisotopic (exact) mass is 318 g/mol. The molecule has 2 unspecified atom stereocenters. The first kappa shape index (κ1) is 14.2. The Kier molecular flexibility index (Phi) is 3.84. The van der Waals surface area contributed by atoms with Crippen molar-refractivity contribution in [2.24, 2.45) is 5.92 Å². The standard InChI is InChI=1S/C17H19FN2OS/c18-13-5-3-11(4-6-13)15-10-22-17(20-15)19-14-7-8-21-16(9-14)12-1-2-12/h3-6,10,12,14,16H,1-2,7-9H2,(H,19,20). The van der Waals surface area contributed by atoms with E-state index < -0.39 is 0 Å². The number of ether oxygens (including phenoxy) is 1. The van der Waals surface area contributed by atoms with Gasteiger partial charge in [-0.3, -0.25) is 0 Å². The van der Waals surface area contributed by atoms with E-state index in [1.807, 2.05) is 5.38 Å². The van der Waals surface area contributed by atoms with Crippen molar-refractivity contribution >= 4 is 16.5 Å². The second-order valence-electron chi connectivity index (χ2n) is 6.16. The molecule has 1 saturated heterocycles. The van der Waals surface area contributed by atoms with Crippen LogP contribution >= 0.6 is 11.3 Å². The summed E-state index contributed by atoms with van der Waals surface area (Å²) in [7, 11) is 0. The van der Waals surface area contributed by atoms with Crippen LogP contribution in [0.25, 0.3) is 11.3 Å². The van der Waals surface area contributed by atoms with Gasteiger partial charge in [0.05, 0.1) is 11.8 Å². The minimum atomic E-state index is -0.217. The number of nitrogens with one attached hydrogen (secondary N) is 1. The van der Waals surface area contributed by atoms with Gasteiger partial charge < -0.3 is 10.1 Å². The summed E-state index contributed by atoms with van der Waals surface area (Å²) in [6, 6.07) is 6.94. The fraction of sp³-hybridized carbons (Fsp3) is 0.471. The Balaban J connectivity index is 1.42. The molecule has 2 heterocycles. The SMILES string of the molecule is Fc1ccc(-c2csc(NC3CCOC(C4CC4)C3)n2)cc1. The summed E-state index contributed by atoms with van der Waals surface area (Å²) in [4.78, 5) is 4.63. The van der Waals surface area contributed by atoms with E-state index in [9.17, 15) is 4.39 Å². The molecule has 1 N–H and O–H groups in total. The average Bonchev–Trinajstić information content (AvgIpc) is 3.29. The number of hydrogen-bond donors (Lipinski definition) is 1. The molecular formula is C17H19FN2OS. The second-order valence-corrected chi connectivity index (χ2v) is 7.02. The first-order valence-corrected chi connectivity index (χ1v) is 8.75. The van der Waals surface area contributed by atoms with Crippen molar-refractivity contribution in [1.82, 2.24) is 4.98 Å². The molecule has 3 nitrogen and oxygen atoms in total. The second kappa shape index (κ2) is 5.97. The van der Waals surface area contributed by atoms with Crippen LogP contribution in [-0.2, 0) is 4.74 Å². The molecule has 0 amide bonds. The van der Waals surface area contributed by atoms with E-state index in [2.05, 4.69) is 10.3 Å². The van der Waals surface area contributed by atoms with Crippen LogP contribution in [0.3, 0.4) is 0 Å². The zero-order valence-electron chi connectivity index (χ0n) is 12.3. The van der Waals surface area contributed by atoms with E-state index in [1.54, 1.807) is 23.5 Å². The topological polar surface area (TPSA) is 34.1 Å². The van der Waals surface area contributed by atoms with Gasteiger partial charge in [0.2, 0.25) is 0 Å². The molecule has 5 heteroatoms. The number of aromatic nitrogens is 1. The van der Waals surface area contributed by atoms with Crippen molar-refractivity contribution in [2.75, 3.05) is 11.9 Å². The average molecular weight is 318 g/mol. The molecule has 1 aromatic heterocycles. The summed E-state index contributed by atoms with van der Waals surface area (Å²) in [5, 5.41) is 6.51. The van der Waals surface area contributed by atoms with Crippen LogP contribution in [0.1, 0.15) is 25.7 Å². The highest BCUT2D eigenvalue weighted by Crippen LogP contribution is 2.38. The Morgan fingerprint density at radius 3 is 2.77 bits per heavy atom. The van der Waals surface area contributed by atoms with E-state index in [1.165, 1.54) is 25.0 Å². The van der Waals surface area contributed by atoms with Crippen LogP contribution in [0.5, 0.6) is 0 Å². The van der Waals surface area contributed by atoms with E-state index in [-0.39, 0.29) is 5.82 Å². The van der Waals surface area contributed by atoms with Gasteiger partial charge >= 0.3 is 0 Å². The van der Waals surface area contributed by atoms with Crippen LogP contribution in [0.2, 0.25) is 0 Å². The highest BCUT2D eigenvalue weighted by atomic mass is 32.1. The van der Waals surface area contributed by atoms with Crippen molar-refractivity contribution < 1.29 is 9.13 Å². The Bertz CT molecular complexity index is 638. The summed E-state index contributed by atoms with van der Waals surface area (Å²) in [5.41, 5.74) is 1.85. The van der Waals surface area contributed by atoms with Crippen LogP contribution in [0, 0.1) is 11.7 Å². The Morgan fingerprint density at radius 1 is 1.18 bits per heavy atom. The molecule has 2 fully saturated rings. The maximum absolute atomic E-state index is 13.0. The van der Waals surface area contributed by atoms with E-state index in [4.69, 9.17) is 4.74 Å². The Morgan fingerprint density at radius 2 is 2.00 bits per heavy atom. The zero-order valence-corrected chi connectivity index (χ0v) is 13.1. The van der Waals surface area contributed by atoms with Crippen molar-refractivity contribution in [3.63, 3.8) is 0 Å². The summed E-state index contributed by atoms with van der Waals surface area (Å²) < 4.78 is 18.8. The number of rotatable bonds is 4. The molecule has 4 rings (SSSR count). The lowest BCUT2D eigenvalue weighted by atomic mass is 10.0. The number of thiazole rings is 1. The third kappa shape index (κ3) is 3.15. The van der Waals surface area contributed by atoms with Gasteiger partial charge in [-0.25, -0.2) is 9.37 Å². The number of halogens is 1. The molecule has 2 aromatic rings. The molecular weight excluding hydrogens is 299 g/mol. The summed E-state index contributed by atoms with van der Waals surface area (Å²) in [6.45, 7) is 0.842. The Hall–Kier alpha value is -1.46. The third-order valence-electron chi connectivity index (χ3n) is 4.43. The lowest BCUT2D eigenvalue weighted by molar-refractivity contribution is -0.00218. The lowest BCUT2D eigenvalue weighted by Gasteiger charge is -2.30. The summed E-state index contributed by atoms with van der Waals surface area (Å²) in [5.74, 6) is 0.571. The van der Waals surface area contributed by atoms with Crippen LogP contribution in [0.4, 0.5) is 9.52 Å². The van der Waals surface area contributed by atoms with Gasteiger partial charge in [-0.15, -0.1) is 11.3 Å². The van der Waals surface area contributed by atoms with Crippen LogP contribution < -0.4 is 5.32 Å². The van der Waals surface area contributed by atoms with E-state index in [0.29, 0.717) is 12.1 Å². The lowest BCUT2D eigenvalue weighted by Crippen LogP contribution is -2.35. The van der Waals surface area contributed by atoms with Gasteiger partial charge in [0.15, 0.2) is 5.13 Å². The maximum atomic E-state index is 13.0. The van der Waals surface area contributed by atoms with Crippen molar-refractivity contribution in [1.29, 1.82) is 0 Å². The van der Waals surface area contributed by atoms with Gasteiger partial charge in [-0.1, -0.05) is 0 Å². The van der Waals surface area contributed by atoms with Crippen LogP contribution in [-0.4, -0.2) is 23.7 Å². The predicted octanol–water partition coefficient (Wildman–Crippen LogP) is 4.32. The molecule has 0 bridgehead atoms. The van der Waals surface area contributed by atoms with Crippen molar-refractivity contribution in [3.05, 3.63) is 35.5 Å². The first-order chi connectivity index (χ1) is 10.8. The number of nitrogens with zero attached hydrogens (tertiary/aromatic N) is 1. The molecule has 1 aromatic carbocycles. The molecule has 0 radical (unpaired) electrons. The molecule has 1 aliphatic heterocycles. The van der Waals surface area contributed by atoms with E-state index in [0.717, 1.165) is 41.8 Å². The summed E-state index contributed by atoms with van der Waals surface area (Å²) in [6.07, 6.45) is 5.19. The zero-order chi connectivity index (χ0) is 14.9. The normalized spacial score (nSPS) is 25.1. The number of hydrogen-bond acceptors (Lipinski definition) is 4. The molecule has 22 heavy (non-hydrogen) atoms. The molecule has 116 valence electrons. The van der Waals surface area contributed by atoms with Crippen molar-refractivity contribution in [3.8, 4) is 11.3 Å². The molecule has 1 saturated carbocycles. The smallest absolute Gasteiger partial charge is 0.183 e. The van der Waals surface area contributed by atoms with Crippen LogP contribution in [0.15, 0.2) is 29.6 Å². The van der Waals surface area contributed by atoms with Gasteiger partial charge in [0.1, 0.15) is 5.82 Å². The number of benzene rings is 1. The van der Waals surface area contributed by atoms with Gasteiger partial charge in [-0.2, -0.15) is 0 Å². The largest absolute Gasteiger partial charge is 0.378 e. The highest BCUT2D eigenvalue weighted by Gasteiger charge is 2.35. The quantitative estimate of drug-likeness (QED) is 0.911.